The molecule has 0 saturated carbocycles. The van der Waals surface area contributed by atoms with Crippen LogP contribution < -0.4 is 14.8 Å². The molecule has 23 heavy (non-hydrogen) atoms. The third-order valence-electron chi connectivity index (χ3n) is 3.54. The minimum Gasteiger partial charge on any atom is -0.454 e. The van der Waals surface area contributed by atoms with Crippen molar-refractivity contribution in [2.75, 3.05) is 24.9 Å². The molecule has 0 aromatic heterocycles. The number of rotatable bonds is 4. The molecule has 1 fully saturated rings. The van der Waals surface area contributed by atoms with E-state index in [1.54, 1.807) is 6.07 Å². The van der Waals surface area contributed by atoms with Crippen LogP contribution in [0.2, 0.25) is 0 Å². The van der Waals surface area contributed by atoms with Crippen LogP contribution in [-0.4, -0.2) is 51.2 Å². The topological polar surface area (TPSA) is 108 Å². The highest BCUT2D eigenvalue weighted by Crippen LogP contribution is 2.32. The molecular formula is C14H15NO7S. The molecule has 2 heterocycles. The molecule has 2 aliphatic heterocycles. The number of sulfone groups is 1. The standard InChI is InChI=1S/C14H15NO7S/c16-13(15-10-3-4-23(18,19)7-10)6-20-14(17)9-1-2-11-12(5-9)22-8-21-11/h1-2,5,10H,3-4,6-8H2,(H,15,16)/t10-/m0/s1. The number of carbonyl (C=O) groups is 2. The van der Waals surface area contributed by atoms with Gasteiger partial charge in [0.2, 0.25) is 6.79 Å². The van der Waals surface area contributed by atoms with Crippen molar-refractivity contribution >= 4 is 21.7 Å². The average Bonchev–Trinajstić information content (AvgIpc) is 3.10. The number of fused-ring (bicyclic) bond motifs is 1. The van der Waals surface area contributed by atoms with Gasteiger partial charge in [0.1, 0.15) is 0 Å². The summed E-state index contributed by atoms with van der Waals surface area (Å²) in [6, 6.07) is 4.16. The van der Waals surface area contributed by atoms with E-state index in [1.165, 1.54) is 12.1 Å². The molecule has 9 heteroatoms. The van der Waals surface area contributed by atoms with E-state index in [0.29, 0.717) is 17.9 Å². The summed E-state index contributed by atoms with van der Waals surface area (Å²) in [5, 5.41) is 2.54. The Bertz CT molecular complexity index is 743. The third-order valence-corrected chi connectivity index (χ3v) is 5.31. The van der Waals surface area contributed by atoms with Gasteiger partial charge in [-0.25, -0.2) is 13.2 Å². The number of amides is 1. The zero-order valence-electron chi connectivity index (χ0n) is 12.1. The Morgan fingerprint density at radius 3 is 2.78 bits per heavy atom. The van der Waals surface area contributed by atoms with Crippen LogP contribution >= 0.6 is 0 Å². The summed E-state index contributed by atoms with van der Waals surface area (Å²) in [4.78, 5) is 23.6. The van der Waals surface area contributed by atoms with Gasteiger partial charge in [0.25, 0.3) is 5.91 Å². The van der Waals surface area contributed by atoms with Gasteiger partial charge >= 0.3 is 5.97 Å². The lowest BCUT2D eigenvalue weighted by Crippen LogP contribution is -2.38. The summed E-state index contributed by atoms with van der Waals surface area (Å²) in [6.07, 6.45) is 0.379. The highest BCUT2D eigenvalue weighted by atomic mass is 32.2. The van der Waals surface area contributed by atoms with Gasteiger partial charge in [0.15, 0.2) is 27.9 Å². The Hall–Kier alpha value is -2.29. The quantitative estimate of drug-likeness (QED) is 0.760. The maximum absolute atomic E-state index is 11.9. The number of hydrogen-bond acceptors (Lipinski definition) is 7. The minimum absolute atomic E-state index is 0.0644. The van der Waals surface area contributed by atoms with Crippen LogP contribution in [0.25, 0.3) is 0 Å². The predicted molar refractivity (Wildman–Crippen MR) is 78.0 cm³/mol. The molecule has 124 valence electrons. The molecule has 0 radical (unpaired) electrons. The predicted octanol–water partition coefficient (Wildman–Crippen LogP) is -0.125. The molecule has 1 atom stereocenters. The van der Waals surface area contributed by atoms with E-state index < -0.39 is 34.4 Å². The van der Waals surface area contributed by atoms with Crippen LogP contribution in [0.5, 0.6) is 11.5 Å². The SMILES string of the molecule is O=C(COC(=O)c1ccc2c(c1)OCO2)N[C@H]1CCS(=O)(=O)C1. The summed E-state index contributed by atoms with van der Waals surface area (Å²) in [5.41, 5.74) is 0.241. The molecule has 0 aliphatic carbocycles. The first-order valence-corrected chi connectivity index (χ1v) is 8.82. The first-order chi connectivity index (χ1) is 10.9. The van der Waals surface area contributed by atoms with Crippen LogP contribution in [0, 0.1) is 0 Å². The van der Waals surface area contributed by atoms with Crippen molar-refractivity contribution in [3.8, 4) is 11.5 Å². The Morgan fingerprint density at radius 1 is 1.26 bits per heavy atom. The molecule has 2 aliphatic rings. The molecule has 1 aromatic rings. The van der Waals surface area contributed by atoms with Crippen molar-refractivity contribution in [3.63, 3.8) is 0 Å². The monoisotopic (exact) mass is 341 g/mol. The van der Waals surface area contributed by atoms with Gasteiger partial charge in [-0.1, -0.05) is 0 Å². The van der Waals surface area contributed by atoms with Crippen LogP contribution in [-0.2, 0) is 19.4 Å². The van der Waals surface area contributed by atoms with Gasteiger partial charge in [-0.2, -0.15) is 0 Å². The second kappa shape index (κ2) is 6.07. The van der Waals surface area contributed by atoms with Gasteiger partial charge in [-0.15, -0.1) is 0 Å². The lowest BCUT2D eigenvalue weighted by Gasteiger charge is -2.11. The normalized spacial score (nSPS) is 21.0. The van der Waals surface area contributed by atoms with Crippen LogP contribution in [0.3, 0.4) is 0 Å². The zero-order valence-corrected chi connectivity index (χ0v) is 12.9. The summed E-state index contributed by atoms with van der Waals surface area (Å²) in [6.45, 7) is -0.371. The molecule has 1 amide bonds. The van der Waals surface area contributed by atoms with E-state index in [-0.39, 0.29) is 23.9 Å². The molecular weight excluding hydrogens is 326 g/mol. The first-order valence-electron chi connectivity index (χ1n) is 6.99. The van der Waals surface area contributed by atoms with E-state index in [4.69, 9.17) is 14.2 Å². The summed E-state index contributed by atoms with van der Waals surface area (Å²) < 4.78 is 37.8. The van der Waals surface area contributed by atoms with Crippen LogP contribution in [0.15, 0.2) is 18.2 Å². The van der Waals surface area contributed by atoms with Crippen molar-refractivity contribution in [1.82, 2.24) is 5.32 Å². The molecule has 1 saturated heterocycles. The smallest absolute Gasteiger partial charge is 0.338 e. The Labute approximate surface area is 132 Å². The van der Waals surface area contributed by atoms with E-state index in [1.807, 2.05) is 0 Å². The fraction of sp³-hybridized carbons (Fsp3) is 0.429. The molecule has 0 bridgehead atoms. The maximum atomic E-state index is 11.9. The summed E-state index contributed by atoms with van der Waals surface area (Å²) >= 11 is 0. The second-order valence-electron chi connectivity index (χ2n) is 5.31. The largest absolute Gasteiger partial charge is 0.454 e. The molecule has 8 nitrogen and oxygen atoms in total. The number of ether oxygens (including phenoxy) is 3. The molecule has 1 N–H and O–H groups in total. The van der Waals surface area contributed by atoms with Gasteiger partial charge in [-0.3, -0.25) is 4.79 Å². The number of hydrogen-bond donors (Lipinski definition) is 1. The highest BCUT2D eigenvalue weighted by Gasteiger charge is 2.29. The van der Waals surface area contributed by atoms with Crippen LogP contribution in [0.1, 0.15) is 16.8 Å². The van der Waals surface area contributed by atoms with Gasteiger partial charge < -0.3 is 19.5 Å². The number of esters is 1. The lowest BCUT2D eigenvalue weighted by atomic mass is 10.2. The van der Waals surface area contributed by atoms with Gasteiger partial charge in [-0.05, 0) is 24.6 Å². The Balaban J connectivity index is 1.50. The lowest BCUT2D eigenvalue weighted by molar-refractivity contribution is -0.124. The molecule has 1 aromatic carbocycles. The van der Waals surface area contributed by atoms with E-state index >= 15 is 0 Å². The number of carbonyl (C=O) groups excluding carboxylic acids is 2. The second-order valence-corrected chi connectivity index (χ2v) is 7.54. The molecule has 0 spiro atoms. The zero-order chi connectivity index (χ0) is 16.4. The fourth-order valence-corrected chi connectivity index (χ4v) is 4.09. The Kier molecular flexibility index (Phi) is 4.12. The van der Waals surface area contributed by atoms with Crippen molar-refractivity contribution in [1.29, 1.82) is 0 Å². The van der Waals surface area contributed by atoms with Gasteiger partial charge in [0.05, 0.1) is 17.1 Å². The maximum Gasteiger partial charge on any atom is 0.338 e. The van der Waals surface area contributed by atoms with E-state index in [9.17, 15) is 18.0 Å². The summed E-state index contributed by atoms with van der Waals surface area (Å²) in [5.74, 6) is -0.218. The van der Waals surface area contributed by atoms with E-state index in [0.717, 1.165) is 0 Å². The minimum atomic E-state index is -3.07. The van der Waals surface area contributed by atoms with Crippen molar-refractivity contribution in [2.45, 2.75) is 12.5 Å². The highest BCUT2D eigenvalue weighted by molar-refractivity contribution is 7.91. The average molecular weight is 341 g/mol. The molecule has 3 rings (SSSR count). The first kappa shape index (κ1) is 15.6. The van der Waals surface area contributed by atoms with E-state index in [2.05, 4.69) is 5.32 Å². The Morgan fingerprint density at radius 2 is 2.04 bits per heavy atom. The summed E-state index contributed by atoms with van der Waals surface area (Å²) in [7, 11) is -3.07. The van der Waals surface area contributed by atoms with Gasteiger partial charge in [0, 0.05) is 6.04 Å². The van der Waals surface area contributed by atoms with Crippen molar-refractivity contribution in [2.24, 2.45) is 0 Å². The van der Waals surface area contributed by atoms with Crippen molar-refractivity contribution in [3.05, 3.63) is 23.8 Å². The third kappa shape index (κ3) is 3.73. The molecule has 0 unspecified atom stereocenters. The number of nitrogens with one attached hydrogen (secondary N) is 1. The van der Waals surface area contributed by atoms with Crippen LogP contribution in [0.4, 0.5) is 0 Å². The fourth-order valence-electron chi connectivity index (χ4n) is 2.42. The number of benzene rings is 1. The van der Waals surface area contributed by atoms with Crippen molar-refractivity contribution < 1.29 is 32.2 Å².